The Morgan fingerprint density at radius 2 is 0.798 bits per heavy atom. The zero-order valence-electron chi connectivity index (χ0n) is 42.2. The number of aromatic nitrogens is 6. The molecule has 3 aliphatic heterocycles. The maximum atomic E-state index is 10.8. The Labute approximate surface area is 758 Å². The van der Waals surface area contributed by atoms with Crippen LogP contribution in [-0.4, -0.2) is 149 Å². The van der Waals surface area contributed by atoms with Gasteiger partial charge in [0, 0.05) is 60.8 Å². The van der Waals surface area contributed by atoms with E-state index in [9.17, 15) is 9.59 Å². The maximum absolute atomic E-state index is 10.8. The molecule has 3 fully saturated rings. The third kappa shape index (κ3) is 41.4. The first-order chi connectivity index (χ1) is 42.0. The van der Waals surface area contributed by atoms with Crippen LogP contribution in [0.5, 0.6) is 0 Å². The molecule has 2 aromatic carbocycles. The molecule has 89 heavy (non-hydrogen) atoms. The number of nitrogen functional groups attached to an aromatic ring is 1. The number of ether oxygens (including phenoxy) is 3. The normalized spacial score (nSPS) is 16.1. The number of nitrogens with two attached hydrogens (primary N) is 1. The SMILES string of the molecule is Brc1nnc(N2CCOCC2)o1.II(I)I(I)I(I)I(I)I(I)I(I)I(I)I.I[I-]I(I)I(I)I(I)I(I)I(I)I(I)I(I)I.Nc1nnc(N2CCOCC2)o1.O=C(O)c1ccc(-c2nnc(N3CCOCC3)o2)cc1.O=C(O)c1ccc(B(O)O)cc1. The van der Waals surface area contributed by atoms with E-state index in [1.165, 1.54) is 36.4 Å². The molecule has 0 radical (unpaired) electrons. The number of nitrogens with zero attached hydrogens (tertiary/aromatic N) is 9. The Bertz CT molecular complexity index is 2710. The minimum Gasteiger partial charge on any atom is -0.478 e. The standard InChI is InChI=1S/C13H13N3O4.C7H7BO4.C6H8BrN3O2.C6H10N4O2.I17.I16/c17-12(18)10-3-1-9(2-4-10)11-14-15-13(20-11)16-5-7-19-8-6-16;9-7(10)5-1-3-6(4-2-5)8(11)12;2*7-5-8-9-6(12-5)10-1-3-11-4-2-10;1-10-12(4)14(6)16(8)17(9)15(7)13(5)11(2)3;1-10(2)12(5)14(7)16(9)15(8)13(6)11(3)4/h1-4H,5-8H2,(H,17,18);1-4,11-12H,(H,9,10);1-4H2;1-4H2,(H2,7,8);;/q;;;;-1;. The monoisotopic (exact) mass is 5030 g/mol. The summed E-state index contributed by atoms with van der Waals surface area (Å²) in [6.45, 7) is 8.76. The maximum Gasteiger partial charge on any atom is 0.488 e. The molecule has 57 heteroatoms. The number of carboxylic acid groups (broad SMARTS) is 2. The van der Waals surface area contributed by atoms with Gasteiger partial charge in [0.1, 0.15) is 0 Å². The summed E-state index contributed by atoms with van der Waals surface area (Å²) in [5, 5.41) is 57.6. The van der Waals surface area contributed by atoms with E-state index >= 15 is 0 Å². The molecule has 22 nitrogen and oxygen atoms in total. The van der Waals surface area contributed by atoms with Crippen molar-refractivity contribution >= 4 is 510 Å². The van der Waals surface area contributed by atoms with Crippen LogP contribution in [0.3, 0.4) is 0 Å². The molecule has 0 atom stereocenters. The van der Waals surface area contributed by atoms with Crippen molar-refractivity contribution in [2.24, 2.45) is 0 Å². The van der Waals surface area contributed by atoms with E-state index < -0.39 is 42.7 Å². The van der Waals surface area contributed by atoms with Gasteiger partial charge in [0.15, 0.2) is 0 Å². The van der Waals surface area contributed by atoms with E-state index in [0.29, 0.717) is 74.0 Å². The minimum absolute atomic E-state index is 0.108. The minimum atomic E-state index is -1.55. The van der Waals surface area contributed by atoms with Crippen LogP contribution >= 0.6 is 462 Å². The van der Waals surface area contributed by atoms with Gasteiger partial charge in [-0.1, -0.05) is 37.6 Å². The Balaban J connectivity index is 0.000000282. The number of hydrogen-bond acceptors (Lipinski definition) is 20. The number of anilines is 4. The van der Waals surface area contributed by atoms with Crippen molar-refractivity contribution in [3.05, 3.63) is 64.5 Å². The number of aromatic carboxylic acids is 2. The zero-order chi connectivity index (χ0) is 66.7. The first-order valence-corrected chi connectivity index (χ1v) is 217. The molecule has 3 aromatic heterocycles. The van der Waals surface area contributed by atoms with Crippen molar-refractivity contribution in [3.8, 4) is 11.5 Å². The van der Waals surface area contributed by atoms with Gasteiger partial charge in [-0.25, -0.2) is 9.59 Å². The molecule has 530 valence electrons. The van der Waals surface area contributed by atoms with Crippen LogP contribution in [0.1, 0.15) is 20.7 Å². The molecule has 8 rings (SSSR count). The Kier molecular flexibility index (Phi) is 67.5. The van der Waals surface area contributed by atoms with Crippen LogP contribution in [0.2, 0.25) is 0 Å². The summed E-state index contributed by atoms with van der Waals surface area (Å²) in [4.78, 5) is 27.5. The summed E-state index contributed by atoms with van der Waals surface area (Å²) in [7, 11) is -6.66. The Morgan fingerprint density at radius 3 is 1.11 bits per heavy atom. The molecule has 5 aromatic rings. The number of benzene rings is 2. The fourth-order valence-electron chi connectivity index (χ4n) is 5.28. The number of halogens is 34. The van der Waals surface area contributed by atoms with Crippen molar-refractivity contribution in [2.45, 2.75) is 0 Å². The zero-order valence-corrected chi connectivity index (χ0v) is 115. The Hall–Kier alpha value is 18.4. The van der Waals surface area contributed by atoms with Crippen LogP contribution in [-0.2, 0) is 14.2 Å². The molecule has 6 N–H and O–H groups in total. The summed E-state index contributed by atoms with van der Waals surface area (Å²) in [5.74, 6) is -1.62. The molecule has 0 spiro atoms. The molecular weight excluding hydrogens is 4990 g/mol. The van der Waals surface area contributed by atoms with Gasteiger partial charge >= 0.3 is 502 Å². The van der Waals surface area contributed by atoms with Crippen LogP contribution in [0.25, 0.3) is 11.5 Å². The van der Waals surface area contributed by atoms with Gasteiger partial charge in [0.05, 0.1) is 50.8 Å². The first-order valence-electron chi connectivity index (χ1n) is 21.4. The van der Waals surface area contributed by atoms with Crippen LogP contribution < -0.4 is 39.2 Å². The molecular formula is C32H38BBrI33N10O12-. The summed E-state index contributed by atoms with van der Waals surface area (Å²) in [5.41, 5.74) is 6.61. The summed E-state index contributed by atoms with van der Waals surface area (Å²) in [6, 6.07) is 13.3. The molecule has 0 amide bonds. The van der Waals surface area contributed by atoms with E-state index in [1.807, 2.05) is 14.7 Å². The van der Waals surface area contributed by atoms with Crippen molar-refractivity contribution in [1.29, 1.82) is 0 Å². The fraction of sp³-hybridized carbons (Fsp3) is 0.375. The van der Waals surface area contributed by atoms with Gasteiger partial charge in [-0.2, -0.15) is 0 Å². The average molecular weight is 5030 g/mol. The largest absolute Gasteiger partial charge is 0.488 e. The van der Waals surface area contributed by atoms with Gasteiger partial charge < -0.3 is 68.2 Å². The number of carbonyl (C=O) groups is 2. The van der Waals surface area contributed by atoms with Crippen molar-refractivity contribution < 1.29 is 70.6 Å². The second kappa shape index (κ2) is 59.1. The van der Waals surface area contributed by atoms with Gasteiger partial charge in [-0.3, -0.25) is 0 Å². The van der Waals surface area contributed by atoms with E-state index in [-0.39, 0.29) is 109 Å². The number of carboxylic acids is 2. The Morgan fingerprint density at radius 1 is 0.472 bits per heavy atom. The van der Waals surface area contributed by atoms with Crippen molar-refractivity contribution in [3.63, 3.8) is 0 Å². The van der Waals surface area contributed by atoms with Crippen LogP contribution in [0, 0.1) is 0 Å². The molecule has 0 saturated carbocycles. The smallest absolute Gasteiger partial charge is 0.478 e. The molecule has 0 bridgehead atoms. The van der Waals surface area contributed by atoms with Gasteiger partial charge in [0.25, 0.3) is 4.80 Å². The summed E-state index contributed by atoms with van der Waals surface area (Å²) in [6.07, 6.45) is 0. The fourth-order valence-corrected chi connectivity index (χ4v) is 4410. The van der Waals surface area contributed by atoms with E-state index in [0.717, 1.165) is 52.5 Å². The van der Waals surface area contributed by atoms with Crippen molar-refractivity contribution in [1.82, 2.24) is 30.6 Å². The number of rotatable bonds is 20. The van der Waals surface area contributed by atoms with Gasteiger partial charge in [0.2, 0.25) is 5.89 Å². The molecule has 0 unspecified atom stereocenters. The quantitative estimate of drug-likeness (QED) is 0.0357. The third-order valence-corrected chi connectivity index (χ3v) is 2070. The van der Waals surface area contributed by atoms with Gasteiger partial charge in [-0.05, 0) is 41.9 Å². The average Bonchev–Trinajstić information content (AvgIpc) is 4.56. The molecule has 6 heterocycles. The number of morpholine rings is 3. The second-order valence-corrected chi connectivity index (χ2v) is 713. The van der Waals surface area contributed by atoms with E-state index in [2.05, 4.69) is 382 Å². The first kappa shape index (κ1) is 102. The van der Waals surface area contributed by atoms with Gasteiger partial charge in [-0.15, -0.1) is 5.10 Å². The molecule has 0 aliphatic carbocycles. The van der Waals surface area contributed by atoms with E-state index in [4.69, 9.17) is 53.5 Å². The predicted octanol–water partition coefficient (Wildman–Crippen LogP) is 25.8. The molecule has 3 aliphatic rings. The van der Waals surface area contributed by atoms with E-state index in [1.54, 1.807) is 12.1 Å². The van der Waals surface area contributed by atoms with Crippen LogP contribution in [0.15, 0.2) is 66.6 Å². The third-order valence-electron chi connectivity index (χ3n) is 8.93. The summed E-state index contributed by atoms with van der Waals surface area (Å²) >= 11 is 57.3. The van der Waals surface area contributed by atoms with Crippen LogP contribution in [0.4, 0.5) is 24.1 Å². The van der Waals surface area contributed by atoms with Crippen molar-refractivity contribution in [2.75, 3.05) is 99.3 Å². The number of hydrogen-bond donors (Lipinski definition) is 5. The summed E-state index contributed by atoms with van der Waals surface area (Å²) < 4.78 is 31.5. The molecule has 3 saturated heterocycles. The predicted molar refractivity (Wildman–Crippen MR) is 648 cm³/mol. The topological polar surface area (TPSA) is 295 Å². The second-order valence-electron chi connectivity index (χ2n) is 14.0.